The minimum atomic E-state index is -0.483. The first-order valence-electron chi connectivity index (χ1n) is 8.00. The average molecular weight is 362 g/mol. The molecule has 0 aliphatic carbocycles. The molecule has 3 heterocycles. The van der Waals surface area contributed by atoms with Gasteiger partial charge in [-0.25, -0.2) is 0 Å². The van der Waals surface area contributed by atoms with Crippen LogP contribution >= 0.6 is 0 Å². The number of benzene rings is 1. The summed E-state index contributed by atoms with van der Waals surface area (Å²) in [5, 5.41) is 14.3. The number of para-hydroxylation sites is 1. The van der Waals surface area contributed by atoms with Gasteiger partial charge in [0.25, 0.3) is 5.91 Å². The molecule has 1 amide bonds. The average Bonchev–Trinajstić information content (AvgIpc) is 3.38. The summed E-state index contributed by atoms with van der Waals surface area (Å²) in [5.41, 5.74) is 1.42. The molecule has 9 nitrogen and oxygen atoms in total. The summed E-state index contributed by atoms with van der Waals surface area (Å²) in [5.74, 6) is 1.19. The number of hydrogen-bond acceptors (Lipinski definition) is 7. The minimum absolute atomic E-state index is 0.103. The van der Waals surface area contributed by atoms with Crippen molar-refractivity contribution in [3.63, 3.8) is 0 Å². The van der Waals surface area contributed by atoms with E-state index in [0.29, 0.717) is 28.6 Å². The lowest BCUT2D eigenvalue weighted by Gasteiger charge is -2.03. The van der Waals surface area contributed by atoms with Crippen molar-refractivity contribution in [2.45, 2.75) is 0 Å². The van der Waals surface area contributed by atoms with E-state index in [-0.39, 0.29) is 11.6 Å². The second-order valence-corrected chi connectivity index (χ2v) is 5.47. The first kappa shape index (κ1) is 16.5. The Bertz CT molecular complexity index is 1070. The minimum Gasteiger partial charge on any atom is -0.496 e. The van der Waals surface area contributed by atoms with Gasteiger partial charge in [-0.05, 0) is 24.3 Å². The van der Waals surface area contributed by atoms with Crippen LogP contribution in [-0.4, -0.2) is 38.3 Å². The number of aromatic nitrogens is 5. The van der Waals surface area contributed by atoms with Gasteiger partial charge < -0.3 is 14.2 Å². The van der Waals surface area contributed by atoms with E-state index in [2.05, 4.69) is 30.6 Å². The smallest absolute Gasteiger partial charge is 0.280 e. The van der Waals surface area contributed by atoms with E-state index in [1.54, 1.807) is 31.5 Å². The number of pyridine rings is 1. The van der Waals surface area contributed by atoms with E-state index in [9.17, 15) is 4.79 Å². The fraction of sp³-hybridized carbons (Fsp3) is 0.0556. The maximum Gasteiger partial charge on any atom is 0.280 e. The molecule has 0 spiro atoms. The highest BCUT2D eigenvalue weighted by Gasteiger charge is 2.17. The summed E-state index contributed by atoms with van der Waals surface area (Å²) < 4.78 is 10.6. The van der Waals surface area contributed by atoms with Crippen molar-refractivity contribution in [2.75, 3.05) is 12.4 Å². The number of nitrogens with zero attached hydrogens (tertiary/aromatic N) is 4. The van der Waals surface area contributed by atoms with Gasteiger partial charge in [0.1, 0.15) is 11.4 Å². The summed E-state index contributed by atoms with van der Waals surface area (Å²) in [6.45, 7) is 0. The number of methoxy groups -OCH3 is 1. The number of H-pyrrole nitrogens is 1. The van der Waals surface area contributed by atoms with E-state index in [1.165, 1.54) is 6.07 Å². The van der Waals surface area contributed by atoms with Crippen molar-refractivity contribution in [3.8, 4) is 28.6 Å². The van der Waals surface area contributed by atoms with Gasteiger partial charge in [0, 0.05) is 12.3 Å². The lowest BCUT2D eigenvalue weighted by atomic mass is 10.1. The van der Waals surface area contributed by atoms with Gasteiger partial charge in [-0.3, -0.25) is 15.1 Å². The SMILES string of the molecule is COc1ccccc1-c1cc(C(=O)Nc2nnc(-c3ccccn3)[nH]2)no1. The number of carbonyl (C=O) groups excluding carboxylic acids is 1. The van der Waals surface area contributed by atoms with Crippen LogP contribution < -0.4 is 10.1 Å². The standard InChI is InChI=1S/C18H14N6O3/c1-26-14-8-3-2-6-11(14)15-10-13(24-27-15)17(25)21-18-20-16(22-23-18)12-7-4-5-9-19-12/h2-10H,1H3,(H2,20,21,22,23,25). The number of ether oxygens (including phenoxy) is 1. The predicted molar refractivity (Wildman–Crippen MR) is 96.1 cm³/mol. The lowest BCUT2D eigenvalue weighted by Crippen LogP contribution is -2.13. The molecular weight excluding hydrogens is 348 g/mol. The summed E-state index contributed by atoms with van der Waals surface area (Å²) in [6.07, 6.45) is 1.64. The molecule has 0 aliphatic rings. The van der Waals surface area contributed by atoms with Gasteiger partial charge in [0.05, 0.1) is 12.7 Å². The fourth-order valence-corrected chi connectivity index (χ4v) is 2.47. The molecule has 0 saturated carbocycles. The normalized spacial score (nSPS) is 10.6. The second kappa shape index (κ2) is 7.08. The monoisotopic (exact) mass is 362 g/mol. The van der Waals surface area contributed by atoms with E-state index in [0.717, 1.165) is 0 Å². The Kier molecular flexibility index (Phi) is 4.32. The lowest BCUT2D eigenvalue weighted by molar-refractivity contribution is 0.101. The molecule has 27 heavy (non-hydrogen) atoms. The zero-order valence-electron chi connectivity index (χ0n) is 14.2. The van der Waals surface area contributed by atoms with E-state index in [1.807, 2.05) is 24.3 Å². The summed E-state index contributed by atoms with van der Waals surface area (Å²) in [7, 11) is 1.56. The summed E-state index contributed by atoms with van der Waals surface area (Å²) >= 11 is 0. The van der Waals surface area contributed by atoms with E-state index in [4.69, 9.17) is 9.26 Å². The Morgan fingerprint density at radius 2 is 2.00 bits per heavy atom. The fourth-order valence-electron chi connectivity index (χ4n) is 2.47. The van der Waals surface area contributed by atoms with Crippen molar-refractivity contribution in [1.82, 2.24) is 25.3 Å². The molecule has 0 atom stereocenters. The second-order valence-electron chi connectivity index (χ2n) is 5.47. The van der Waals surface area contributed by atoms with Gasteiger partial charge >= 0.3 is 0 Å². The molecule has 0 fully saturated rings. The van der Waals surface area contributed by atoms with Crippen molar-refractivity contribution < 1.29 is 14.1 Å². The van der Waals surface area contributed by atoms with Crippen LogP contribution in [0.25, 0.3) is 22.8 Å². The van der Waals surface area contributed by atoms with Gasteiger partial charge in [0.15, 0.2) is 17.3 Å². The van der Waals surface area contributed by atoms with Crippen molar-refractivity contribution in [3.05, 3.63) is 60.4 Å². The number of rotatable bonds is 5. The van der Waals surface area contributed by atoms with Crippen LogP contribution in [0.2, 0.25) is 0 Å². The van der Waals surface area contributed by atoms with Crippen LogP contribution in [0.3, 0.4) is 0 Å². The molecule has 0 radical (unpaired) electrons. The van der Waals surface area contributed by atoms with Crippen LogP contribution in [0, 0.1) is 0 Å². The third-order valence-electron chi connectivity index (χ3n) is 3.74. The van der Waals surface area contributed by atoms with Crippen LogP contribution in [0.1, 0.15) is 10.5 Å². The molecule has 4 rings (SSSR count). The molecule has 134 valence electrons. The maximum atomic E-state index is 12.4. The van der Waals surface area contributed by atoms with Crippen LogP contribution in [0.5, 0.6) is 5.75 Å². The topological polar surface area (TPSA) is 119 Å². The highest BCUT2D eigenvalue weighted by Crippen LogP contribution is 2.30. The first-order valence-corrected chi connectivity index (χ1v) is 8.00. The first-order chi connectivity index (χ1) is 13.2. The number of aromatic amines is 1. The zero-order valence-corrected chi connectivity index (χ0v) is 14.2. The molecule has 0 bridgehead atoms. The maximum absolute atomic E-state index is 12.4. The van der Waals surface area contributed by atoms with Gasteiger partial charge in [-0.2, -0.15) is 0 Å². The molecule has 0 aliphatic heterocycles. The highest BCUT2D eigenvalue weighted by molar-refractivity contribution is 6.02. The third-order valence-corrected chi connectivity index (χ3v) is 3.74. The Morgan fingerprint density at radius 3 is 2.81 bits per heavy atom. The van der Waals surface area contributed by atoms with E-state index >= 15 is 0 Å². The Morgan fingerprint density at radius 1 is 1.15 bits per heavy atom. The van der Waals surface area contributed by atoms with Crippen molar-refractivity contribution in [2.24, 2.45) is 0 Å². The molecule has 9 heteroatoms. The van der Waals surface area contributed by atoms with Crippen LogP contribution in [0.4, 0.5) is 5.95 Å². The van der Waals surface area contributed by atoms with Crippen LogP contribution in [0.15, 0.2) is 59.3 Å². The molecule has 1 aromatic carbocycles. The number of nitrogens with one attached hydrogen (secondary N) is 2. The quantitative estimate of drug-likeness (QED) is 0.560. The van der Waals surface area contributed by atoms with Crippen LogP contribution in [-0.2, 0) is 0 Å². The number of anilines is 1. The molecule has 3 aromatic heterocycles. The number of amides is 1. The number of carbonyl (C=O) groups is 1. The number of hydrogen-bond donors (Lipinski definition) is 2. The zero-order chi connectivity index (χ0) is 18.6. The largest absolute Gasteiger partial charge is 0.496 e. The van der Waals surface area contributed by atoms with Gasteiger partial charge in [-0.1, -0.05) is 23.4 Å². The van der Waals surface area contributed by atoms with Crippen molar-refractivity contribution >= 4 is 11.9 Å². The summed E-state index contributed by atoms with van der Waals surface area (Å²) in [6, 6.07) is 14.2. The summed E-state index contributed by atoms with van der Waals surface area (Å²) in [4.78, 5) is 19.4. The van der Waals surface area contributed by atoms with Crippen molar-refractivity contribution in [1.29, 1.82) is 0 Å². The molecular formula is C18H14N6O3. The molecule has 4 aromatic rings. The Labute approximate surface area is 153 Å². The Balaban J connectivity index is 1.51. The third kappa shape index (κ3) is 3.38. The van der Waals surface area contributed by atoms with E-state index < -0.39 is 5.91 Å². The molecule has 2 N–H and O–H groups in total. The molecule has 0 saturated heterocycles. The van der Waals surface area contributed by atoms with Gasteiger partial charge in [0.2, 0.25) is 5.95 Å². The van der Waals surface area contributed by atoms with Gasteiger partial charge in [-0.15, -0.1) is 10.2 Å². The highest BCUT2D eigenvalue weighted by atomic mass is 16.5. The molecule has 0 unspecified atom stereocenters. The predicted octanol–water partition coefficient (Wildman–Crippen LogP) is 2.78. The Hall–Kier alpha value is -4.01.